The Morgan fingerprint density at radius 2 is 1.36 bits per heavy atom. The summed E-state index contributed by atoms with van der Waals surface area (Å²) in [5.74, 6) is -0.649. The Kier molecular flexibility index (Phi) is 5.09. The summed E-state index contributed by atoms with van der Waals surface area (Å²) in [7, 11) is 0. The summed E-state index contributed by atoms with van der Waals surface area (Å²) in [4.78, 5) is 15.3. The normalized spacial score (nSPS) is 20.6. The summed E-state index contributed by atoms with van der Waals surface area (Å²) in [6, 6.07) is 29.1. The van der Waals surface area contributed by atoms with Gasteiger partial charge in [0.05, 0.1) is 18.1 Å². The van der Waals surface area contributed by atoms with Crippen molar-refractivity contribution in [1.82, 2.24) is 0 Å². The van der Waals surface area contributed by atoms with E-state index in [1.807, 2.05) is 97.9 Å². The van der Waals surface area contributed by atoms with Crippen molar-refractivity contribution in [3.8, 4) is 0 Å². The Balaban J connectivity index is 1.87. The van der Waals surface area contributed by atoms with Gasteiger partial charge in [-0.05, 0) is 30.2 Å². The lowest BCUT2D eigenvalue weighted by molar-refractivity contribution is -0.123. The second kappa shape index (κ2) is 7.83. The van der Waals surface area contributed by atoms with Crippen molar-refractivity contribution in [1.29, 1.82) is 0 Å². The molecule has 28 heavy (non-hydrogen) atoms. The van der Waals surface area contributed by atoms with Gasteiger partial charge in [-0.1, -0.05) is 78.9 Å². The Hall–Kier alpha value is -3.17. The minimum atomic E-state index is -0.894. The lowest BCUT2D eigenvalue weighted by atomic mass is 9.78. The Bertz CT molecular complexity index is 967. The number of hydrogen-bond donors (Lipinski definition) is 1. The number of anilines is 1. The van der Waals surface area contributed by atoms with Gasteiger partial charge in [-0.3, -0.25) is 4.79 Å². The number of aliphatic hydroxyl groups is 1. The standard InChI is InChI=1S/C25H23NO2/c1-18-17-22(27)23(25(28)20-13-7-3-8-14-20)24(19-11-5-2-6-12-19)26(18)21-15-9-4-10-16-21/h2-17,23-25,28H,1H3. The maximum Gasteiger partial charge on any atom is 0.165 e. The third-order valence-corrected chi connectivity index (χ3v) is 5.33. The molecule has 1 heterocycles. The van der Waals surface area contributed by atoms with E-state index in [0.717, 1.165) is 22.5 Å². The molecule has 3 aromatic carbocycles. The van der Waals surface area contributed by atoms with E-state index in [9.17, 15) is 9.90 Å². The van der Waals surface area contributed by atoms with Gasteiger partial charge in [-0.15, -0.1) is 0 Å². The number of benzene rings is 3. The van der Waals surface area contributed by atoms with E-state index in [1.165, 1.54) is 0 Å². The Labute approximate surface area is 165 Å². The van der Waals surface area contributed by atoms with Crippen LogP contribution in [0.4, 0.5) is 5.69 Å². The van der Waals surface area contributed by atoms with Gasteiger partial charge in [0.15, 0.2) is 5.78 Å². The highest BCUT2D eigenvalue weighted by Crippen LogP contribution is 2.44. The number of ketones is 1. The Morgan fingerprint density at radius 3 is 1.96 bits per heavy atom. The predicted molar refractivity (Wildman–Crippen MR) is 112 cm³/mol. The highest BCUT2D eigenvalue weighted by Gasteiger charge is 2.42. The van der Waals surface area contributed by atoms with E-state index >= 15 is 0 Å². The van der Waals surface area contributed by atoms with Crippen molar-refractivity contribution in [2.45, 2.75) is 19.1 Å². The first-order valence-corrected chi connectivity index (χ1v) is 9.51. The molecule has 3 aromatic rings. The van der Waals surface area contributed by atoms with E-state index in [0.29, 0.717) is 0 Å². The van der Waals surface area contributed by atoms with Crippen LogP contribution in [0.25, 0.3) is 0 Å². The van der Waals surface area contributed by atoms with Crippen LogP contribution in [0, 0.1) is 5.92 Å². The van der Waals surface area contributed by atoms with Crippen molar-refractivity contribution in [2.75, 3.05) is 4.90 Å². The van der Waals surface area contributed by atoms with Gasteiger partial charge in [-0.2, -0.15) is 0 Å². The van der Waals surface area contributed by atoms with Gasteiger partial charge in [0.25, 0.3) is 0 Å². The molecule has 0 fully saturated rings. The van der Waals surface area contributed by atoms with E-state index in [1.54, 1.807) is 6.08 Å². The monoisotopic (exact) mass is 369 g/mol. The average molecular weight is 369 g/mol. The van der Waals surface area contributed by atoms with Crippen molar-refractivity contribution in [3.63, 3.8) is 0 Å². The third-order valence-electron chi connectivity index (χ3n) is 5.33. The molecule has 3 unspecified atom stereocenters. The van der Waals surface area contributed by atoms with Gasteiger partial charge >= 0.3 is 0 Å². The fourth-order valence-electron chi connectivity index (χ4n) is 4.05. The zero-order chi connectivity index (χ0) is 19.5. The first-order valence-electron chi connectivity index (χ1n) is 9.51. The number of para-hydroxylation sites is 1. The van der Waals surface area contributed by atoms with Crippen molar-refractivity contribution in [3.05, 3.63) is 114 Å². The number of carbonyl (C=O) groups excluding carboxylic acids is 1. The fourth-order valence-corrected chi connectivity index (χ4v) is 4.05. The molecule has 1 aliphatic rings. The van der Waals surface area contributed by atoms with Gasteiger partial charge in [0.1, 0.15) is 0 Å². The maximum absolute atomic E-state index is 13.1. The van der Waals surface area contributed by atoms with Gasteiger partial charge in [0, 0.05) is 17.5 Å². The summed E-state index contributed by atoms with van der Waals surface area (Å²) in [5.41, 5.74) is 3.64. The zero-order valence-electron chi connectivity index (χ0n) is 15.8. The molecule has 0 spiro atoms. The molecule has 0 saturated heterocycles. The second-order valence-electron chi connectivity index (χ2n) is 7.13. The summed E-state index contributed by atoms with van der Waals surface area (Å²) in [5, 5.41) is 11.2. The largest absolute Gasteiger partial charge is 0.388 e. The van der Waals surface area contributed by atoms with Crippen molar-refractivity contribution >= 4 is 11.5 Å². The van der Waals surface area contributed by atoms with Crippen molar-refractivity contribution in [2.24, 2.45) is 5.92 Å². The molecule has 3 nitrogen and oxygen atoms in total. The van der Waals surface area contributed by atoms with Crippen LogP contribution >= 0.6 is 0 Å². The summed E-state index contributed by atoms with van der Waals surface area (Å²) in [6.07, 6.45) is 0.762. The van der Waals surface area contributed by atoms with Crippen molar-refractivity contribution < 1.29 is 9.90 Å². The van der Waals surface area contributed by atoms with Crippen LogP contribution in [0.15, 0.2) is 103 Å². The molecule has 1 aliphatic heterocycles. The van der Waals surface area contributed by atoms with Crippen LogP contribution in [-0.2, 0) is 4.79 Å². The molecule has 0 saturated carbocycles. The molecule has 3 atom stereocenters. The number of allylic oxidation sites excluding steroid dienone is 2. The van der Waals surface area contributed by atoms with Crippen LogP contribution in [0.2, 0.25) is 0 Å². The molecule has 1 N–H and O–H groups in total. The number of hydrogen-bond acceptors (Lipinski definition) is 3. The maximum atomic E-state index is 13.1. The number of nitrogens with zero attached hydrogens (tertiary/aromatic N) is 1. The van der Waals surface area contributed by atoms with Crippen LogP contribution in [-0.4, -0.2) is 10.9 Å². The number of rotatable bonds is 4. The highest BCUT2D eigenvalue weighted by atomic mass is 16.3. The number of carbonyl (C=O) groups is 1. The summed E-state index contributed by atoms with van der Waals surface area (Å²) in [6.45, 7) is 1.95. The molecular formula is C25H23NO2. The number of aliphatic hydroxyl groups excluding tert-OH is 1. The SMILES string of the molecule is CC1=CC(=O)C(C(O)c2ccccc2)C(c2ccccc2)N1c1ccccc1. The van der Waals surface area contributed by atoms with Gasteiger partial charge < -0.3 is 10.0 Å². The third kappa shape index (κ3) is 3.37. The lowest BCUT2D eigenvalue weighted by Gasteiger charge is -2.43. The Morgan fingerprint density at radius 1 is 0.821 bits per heavy atom. The molecule has 140 valence electrons. The zero-order valence-corrected chi connectivity index (χ0v) is 15.8. The molecular weight excluding hydrogens is 346 g/mol. The van der Waals surface area contributed by atoms with E-state index in [4.69, 9.17) is 0 Å². The second-order valence-corrected chi connectivity index (χ2v) is 7.13. The molecule has 4 rings (SSSR count). The quantitative estimate of drug-likeness (QED) is 0.698. The van der Waals surface area contributed by atoms with E-state index < -0.39 is 12.0 Å². The molecule has 3 heteroatoms. The smallest absolute Gasteiger partial charge is 0.165 e. The van der Waals surface area contributed by atoms with E-state index in [-0.39, 0.29) is 11.8 Å². The average Bonchev–Trinajstić information content (AvgIpc) is 2.74. The fraction of sp³-hybridized carbons (Fsp3) is 0.160. The topological polar surface area (TPSA) is 40.5 Å². The highest BCUT2D eigenvalue weighted by molar-refractivity contribution is 5.96. The van der Waals surface area contributed by atoms with Crippen LogP contribution < -0.4 is 4.90 Å². The van der Waals surface area contributed by atoms with Gasteiger partial charge in [0.2, 0.25) is 0 Å². The predicted octanol–water partition coefficient (Wildman–Crippen LogP) is 5.07. The molecule has 0 bridgehead atoms. The molecule has 0 aromatic heterocycles. The lowest BCUT2D eigenvalue weighted by Crippen LogP contribution is -2.42. The van der Waals surface area contributed by atoms with Crippen LogP contribution in [0.5, 0.6) is 0 Å². The minimum Gasteiger partial charge on any atom is -0.388 e. The molecule has 0 radical (unpaired) electrons. The summed E-state index contributed by atoms with van der Waals surface area (Å²) < 4.78 is 0. The van der Waals surface area contributed by atoms with E-state index in [2.05, 4.69) is 4.90 Å². The van der Waals surface area contributed by atoms with Crippen LogP contribution in [0.3, 0.4) is 0 Å². The molecule has 0 amide bonds. The van der Waals surface area contributed by atoms with Gasteiger partial charge in [-0.25, -0.2) is 0 Å². The summed E-state index contributed by atoms with van der Waals surface area (Å²) >= 11 is 0. The minimum absolute atomic E-state index is 0.0464. The van der Waals surface area contributed by atoms with Crippen LogP contribution in [0.1, 0.15) is 30.2 Å². The first kappa shape index (κ1) is 18.2. The molecule has 0 aliphatic carbocycles. The first-order chi connectivity index (χ1) is 13.7.